The Hall–Kier alpha value is -2.42. The molecule has 1 fully saturated rings. The van der Waals surface area contributed by atoms with Gasteiger partial charge in [-0.25, -0.2) is 14.2 Å². The van der Waals surface area contributed by atoms with Crippen LogP contribution in [0.15, 0.2) is 33.9 Å². The highest BCUT2D eigenvalue weighted by Gasteiger charge is 2.28. The Labute approximate surface area is 177 Å². The molecule has 2 aliphatic rings. The molecule has 1 saturated heterocycles. The van der Waals surface area contributed by atoms with Gasteiger partial charge in [-0.05, 0) is 54.9 Å². The minimum absolute atomic E-state index is 0.315. The van der Waals surface area contributed by atoms with Gasteiger partial charge in [-0.3, -0.25) is 4.79 Å². The minimum Gasteiger partial charge on any atom is -0.444 e. The second kappa shape index (κ2) is 8.52. The topological polar surface area (TPSA) is 74.2 Å². The van der Waals surface area contributed by atoms with Crippen LogP contribution in [0.25, 0.3) is 0 Å². The minimum atomic E-state index is -0.565. The average Bonchev–Trinajstić information content (AvgIpc) is 3.07. The first kappa shape index (κ1) is 21.3. The van der Waals surface area contributed by atoms with E-state index in [1.54, 1.807) is 23.1 Å². The monoisotopic (exact) mass is 466 g/mol. The molecule has 0 bridgehead atoms. The number of amides is 2. The summed E-state index contributed by atoms with van der Waals surface area (Å²) in [6.07, 6.45) is 1.83. The van der Waals surface area contributed by atoms with Crippen LogP contribution in [0.4, 0.5) is 20.6 Å². The van der Waals surface area contributed by atoms with E-state index in [-0.39, 0.29) is 12.0 Å². The van der Waals surface area contributed by atoms with Gasteiger partial charge in [0.05, 0.1) is 11.4 Å². The van der Waals surface area contributed by atoms with Gasteiger partial charge < -0.3 is 19.9 Å². The number of benzene rings is 1. The normalized spacial score (nSPS) is 17.0. The molecule has 1 aromatic rings. The molecule has 9 heteroatoms. The Morgan fingerprint density at radius 1 is 1.21 bits per heavy atom. The van der Waals surface area contributed by atoms with Crippen LogP contribution in [-0.4, -0.2) is 54.4 Å². The maximum atomic E-state index is 14.7. The highest BCUT2D eigenvalue weighted by Crippen LogP contribution is 2.31. The zero-order valence-corrected chi connectivity index (χ0v) is 18.3. The van der Waals surface area contributed by atoms with Crippen molar-refractivity contribution in [2.24, 2.45) is 4.99 Å². The van der Waals surface area contributed by atoms with E-state index in [1.807, 2.05) is 25.7 Å². The standard InChI is InChI=1S/C20H24BrFN4O3/c1-20(2,3)29-19(28)26-11-9-25(10-12-26)17-13(22)5-4-6-14(17)24-18(27)15-7-8-16(21)23-15/h4-6,8H,7,9-12H2,1-3H3,(H,24,27). The number of hydrogen-bond acceptors (Lipinski definition) is 5. The number of hydrogen-bond donors (Lipinski definition) is 1. The second-order valence-electron chi connectivity index (χ2n) is 7.83. The lowest BCUT2D eigenvalue weighted by Gasteiger charge is -2.37. The lowest BCUT2D eigenvalue weighted by molar-refractivity contribution is -0.110. The lowest BCUT2D eigenvalue weighted by Crippen LogP contribution is -2.50. The number of nitrogens with one attached hydrogen (secondary N) is 1. The molecule has 3 rings (SSSR count). The van der Waals surface area contributed by atoms with Crippen LogP contribution in [0.5, 0.6) is 0 Å². The molecule has 0 aliphatic carbocycles. The Kier molecular flexibility index (Phi) is 6.26. The third-order valence-corrected chi connectivity index (χ3v) is 4.95. The van der Waals surface area contributed by atoms with E-state index >= 15 is 0 Å². The lowest BCUT2D eigenvalue weighted by atomic mass is 10.2. The largest absolute Gasteiger partial charge is 0.444 e. The SMILES string of the molecule is CC(C)(C)OC(=O)N1CCN(c2c(F)cccc2NC(=O)C2=NC(Br)=CC2)CC1. The van der Waals surface area contributed by atoms with E-state index < -0.39 is 11.4 Å². The van der Waals surface area contributed by atoms with Crippen LogP contribution in [0.1, 0.15) is 27.2 Å². The average molecular weight is 467 g/mol. The molecule has 2 amide bonds. The Bertz CT molecular complexity index is 871. The summed E-state index contributed by atoms with van der Waals surface area (Å²) in [7, 11) is 0. The van der Waals surface area contributed by atoms with E-state index in [0.717, 1.165) is 0 Å². The molecule has 29 heavy (non-hydrogen) atoms. The van der Waals surface area contributed by atoms with Crippen LogP contribution < -0.4 is 10.2 Å². The van der Waals surface area contributed by atoms with Crippen LogP contribution in [0.2, 0.25) is 0 Å². The molecule has 0 aromatic heterocycles. The van der Waals surface area contributed by atoms with E-state index in [4.69, 9.17) is 4.74 Å². The zero-order chi connectivity index (χ0) is 21.2. The third-order valence-electron chi connectivity index (χ3n) is 4.45. The van der Waals surface area contributed by atoms with Gasteiger partial charge in [-0.2, -0.15) is 0 Å². The summed E-state index contributed by atoms with van der Waals surface area (Å²) in [6, 6.07) is 4.57. The zero-order valence-electron chi connectivity index (χ0n) is 16.7. The quantitative estimate of drug-likeness (QED) is 0.685. The fourth-order valence-electron chi connectivity index (χ4n) is 3.12. The van der Waals surface area contributed by atoms with E-state index in [1.165, 1.54) is 6.07 Å². The molecule has 2 aliphatic heterocycles. The predicted molar refractivity (Wildman–Crippen MR) is 114 cm³/mol. The molecule has 0 atom stereocenters. The Balaban J connectivity index is 1.69. The Morgan fingerprint density at radius 2 is 1.90 bits per heavy atom. The number of anilines is 2. The van der Waals surface area contributed by atoms with Gasteiger partial charge in [-0.15, -0.1) is 0 Å². The second-order valence-corrected chi connectivity index (χ2v) is 8.65. The molecule has 7 nitrogen and oxygen atoms in total. The van der Waals surface area contributed by atoms with Crippen LogP contribution in [-0.2, 0) is 9.53 Å². The van der Waals surface area contributed by atoms with Gasteiger partial charge in [-0.1, -0.05) is 6.07 Å². The maximum absolute atomic E-state index is 14.7. The molecule has 2 heterocycles. The fourth-order valence-corrected chi connectivity index (χ4v) is 3.49. The first-order valence-electron chi connectivity index (χ1n) is 9.40. The summed E-state index contributed by atoms with van der Waals surface area (Å²) in [5.41, 5.74) is 0.493. The van der Waals surface area contributed by atoms with Crippen molar-refractivity contribution in [2.45, 2.75) is 32.8 Å². The van der Waals surface area contributed by atoms with Gasteiger partial charge in [0.15, 0.2) is 0 Å². The summed E-state index contributed by atoms with van der Waals surface area (Å²) < 4.78 is 20.7. The van der Waals surface area contributed by atoms with Gasteiger partial charge in [0.25, 0.3) is 5.91 Å². The summed E-state index contributed by atoms with van der Waals surface area (Å²) in [5, 5.41) is 2.77. The van der Waals surface area contributed by atoms with Crippen molar-refractivity contribution in [2.75, 3.05) is 36.4 Å². The summed E-state index contributed by atoms with van der Waals surface area (Å²) in [5.74, 6) is -0.795. The third kappa shape index (κ3) is 5.35. The molecular weight excluding hydrogens is 443 g/mol. The van der Waals surface area contributed by atoms with Crippen LogP contribution in [0, 0.1) is 5.82 Å². The van der Waals surface area contributed by atoms with Crippen molar-refractivity contribution < 1.29 is 18.7 Å². The molecule has 0 radical (unpaired) electrons. The molecule has 156 valence electrons. The number of halogens is 2. The van der Waals surface area contributed by atoms with Crippen molar-refractivity contribution >= 4 is 45.0 Å². The van der Waals surface area contributed by atoms with Gasteiger partial charge >= 0.3 is 6.09 Å². The molecule has 0 spiro atoms. The molecular formula is C20H24BrFN4O3. The van der Waals surface area contributed by atoms with E-state index in [2.05, 4.69) is 26.2 Å². The first-order valence-corrected chi connectivity index (χ1v) is 10.2. The number of nitrogens with zero attached hydrogens (tertiary/aromatic N) is 3. The van der Waals surface area contributed by atoms with Gasteiger partial charge in [0.2, 0.25) is 0 Å². The molecule has 0 saturated carbocycles. The number of piperazine rings is 1. The smallest absolute Gasteiger partial charge is 0.410 e. The predicted octanol–water partition coefficient (Wildman–Crippen LogP) is 3.90. The molecule has 1 N–H and O–H groups in total. The molecule has 0 unspecified atom stereocenters. The van der Waals surface area contributed by atoms with Crippen LogP contribution in [0.3, 0.4) is 0 Å². The number of rotatable bonds is 3. The number of carbonyl (C=O) groups excluding carboxylic acids is 2. The number of carbonyl (C=O) groups is 2. The highest BCUT2D eigenvalue weighted by molar-refractivity contribution is 9.11. The van der Waals surface area contributed by atoms with Crippen molar-refractivity contribution in [3.8, 4) is 0 Å². The summed E-state index contributed by atoms with van der Waals surface area (Å²) >= 11 is 3.24. The van der Waals surface area contributed by atoms with Gasteiger partial charge in [0, 0.05) is 32.6 Å². The van der Waals surface area contributed by atoms with Crippen molar-refractivity contribution in [3.05, 3.63) is 34.7 Å². The summed E-state index contributed by atoms with van der Waals surface area (Å²) in [4.78, 5) is 32.3. The number of allylic oxidation sites excluding steroid dienone is 1. The Morgan fingerprint density at radius 3 is 2.48 bits per heavy atom. The van der Waals surface area contributed by atoms with Crippen molar-refractivity contribution in [1.82, 2.24) is 4.90 Å². The number of para-hydroxylation sites is 1. The molecule has 1 aromatic carbocycles. The number of ether oxygens (including phenoxy) is 1. The number of aliphatic imine (C=N–C) groups is 1. The van der Waals surface area contributed by atoms with Crippen LogP contribution >= 0.6 is 15.9 Å². The van der Waals surface area contributed by atoms with Crippen molar-refractivity contribution in [3.63, 3.8) is 0 Å². The first-order chi connectivity index (χ1) is 13.6. The van der Waals surface area contributed by atoms with E-state index in [0.29, 0.717) is 54.3 Å². The fraction of sp³-hybridized carbons (Fsp3) is 0.450. The maximum Gasteiger partial charge on any atom is 0.410 e. The summed E-state index contributed by atoms with van der Waals surface area (Å²) in [6.45, 7) is 7.11. The highest BCUT2D eigenvalue weighted by atomic mass is 79.9. The van der Waals surface area contributed by atoms with Crippen molar-refractivity contribution in [1.29, 1.82) is 0 Å². The van der Waals surface area contributed by atoms with E-state index in [9.17, 15) is 14.0 Å². The van der Waals surface area contributed by atoms with Gasteiger partial charge in [0.1, 0.15) is 21.7 Å².